The second-order valence-corrected chi connectivity index (χ2v) is 2.53. The topological polar surface area (TPSA) is 55.4 Å². The molecule has 0 fully saturated rings. The van der Waals surface area contributed by atoms with Crippen molar-refractivity contribution in [3.8, 4) is 0 Å². The fourth-order valence-electron chi connectivity index (χ4n) is 0.733. The molecule has 1 N–H and O–H groups in total. The molecule has 0 saturated carbocycles. The number of amides is 1. The first kappa shape index (κ1) is 9.94. The third kappa shape index (κ3) is 3.02. The quantitative estimate of drug-likeness (QED) is 0.461. The van der Waals surface area contributed by atoms with Crippen LogP contribution >= 0.6 is 0 Å². The van der Waals surface area contributed by atoms with E-state index in [-0.39, 0.29) is 5.92 Å². The highest BCUT2D eigenvalue weighted by Crippen LogP contribution is 2.01. The molecule has 0 aliphatic rings. The molecule has 0 aromatic rings. The highest BCUT2D eigenvalue weighted by Gasteiger charge is 2.21. The van der Waals surface area contributed by atoms with Gasteiger partial charge in [0.15, 0.2) is 0 Å². The van der Waals surface area contributed by atoms with E-state index >= 15 is 0 Å². The van der Waals surface area contributed by atoms with Crippen LogP contribution in [0.2, 0.25) is 0 Å². The van der Waals surface area contributed by atoms with Crippen LogP contribution < -0.4 is 5.32 Å². The Bertz CT molecular complexity index is 145. The molecule has 4 nitrogen and oxygen atoms in total. The summed E-state index contributed by atoms with van der Waals surface area (Å²) in [5.74, 6) is -0.361. The molecule has 0 radical (unpaired) electrons. The third-order valence-corrected chi connectivity index (χ3v) is 1.37. The maximum Gasteiger partial charge on any atom is 0.328 e. The van der Waals surface area contributed by atoms with Gasteiger partial charge < -0.3 is 10.1 Å². The van der Waals surface area contributed by atoms with Gasteiger partial charge in [0.2, 0.25) is 6.41 Å². The van der Waals surface area contributed by atoms with Crippen molar-refractivity contribution in [2.24, 2.45) is 5.92 Å². The van der Waals surface area contributed by atoms with Gasteiger partial charge in [0.25, 0.3) is 0 Å². The van der Waals surface area contributed by atoms with Gasteiger partial charge in [0.1, 0.15) is 6.04 Å². The highest BCUT2D eigenvalue weighted by atomic mass is 16.5. The largest absolute Gasteiger partial charge is 0.467 e. The lowest BCUT2D eigenvalue weighted by atomic mass is 10.1. The van der Waals surface area contributed by atoms with E-state index in [0.29, 0.717) is 6.41 Å². The number of carbonyl (C=O) groups excluding carboxylic acids is 2. The number of nitrogens with one attached hydrogen (secondary N) is 1. The van der Waals surface area contributed by atoms with Crippen LogP contribution in [0.3, 0.4) is 0 Å². The Kier molecular flexibility index (Phi) is 4.26. The SMILES string of the molecule is COC(=O)[C@H](NC=O)C(C)C. The molecular weight excluding hydrogens is 146 g/mol. The average Bonchev–Trinajstić information content (AvgIpc) is 1.98. The zero-order chi connectivity index (χ0) is 8.85. The predicted molar refractivity (Wildman–Crippen MR) is 39.8 cm³/mol. The number of hydrogen-bond acceptors (Lipinski definition) is 3. The first-order valence-corrected chi connectivity index (χ1v) is 3.41. The zero-order valence-electron chi connectivity index (χ0n) is 6.96. The molecule has 4 heteroatoms. The number of hydrogen-bond donors (Lipinski definition) is 1. The lowest BCUT2D eigenvalue weighted by molar-refractivity contribution is -0.145. The van der Waals surface area contributed by atoms with Crippen LogP contribution in [-0.2, 0) is 14.3 Å². The molecule has 0 spiro atoms. The van der Waals surface area contributed by atoms with E-state index in [9.17, 15) is 9.59 Å². The normalized spacial score (nSPS) is 12.4. The lowest BCUT2D eigenvalue weighted by Gasteiger charge is -2.16. The van der Waals surface area contributed by atoms with E-state index in [2.05, 4.69) is 10.1 Å². The molecule has 0 aromatic heterocycles. The van der Waals surface area contributed by atoms with Crippen LogP contribution in [0, 0.1) is 5.92 Å². The summed E-state index contributed by atoms with van der Waals surface area (Å²) in [6.07, 6.45) is 0.502. The molecule has 11 heavy (non-hydrogen) atoms. The van der Waals surface area contributed by atoms with E-state index in [4.69, 9.17) is 0 Å². The van der Waals surface area contributed by atoms with Gasteiger partial charge in [0, 0.05) is 0 Å². The smallest absolute Gasteiger partial charge is 0.328 e. The van der Waals surface area contributed by atoms with Gasteiger partial charge in [0.05, 0.1) is 7.11 Å². The minimum atomic E-state index is -0.530. The van der Waals surface area contributed by atoms with Crippen molar-refractivity contribution in [1.82, 2.24) is 5.32 Å². The average molecular weight is 159 g/mol. The van der Waals surface area contributed by atoms with E-state index in [1.165, 1.54) is 7.11 Å². The van der Waals surface area contributed by atoms with E-state index < -0.39 is 12.0 Å². The van der Waals surface area contributed by atoms with Crippen molar-refractivity contribution < 1.29 is 14.3 Å². The molecule has 1 atom stereocenters. The van der Waals surface area contributed by atoms with Crippen molar-refractivity contribution >= 4 is 12.4 Å². The predicted octanol–water partition coefficient (Wildman–Crippen LogP) is -0.0700. The molecule has 1 amide bonds. The van der Waals surface area contributed by atoms with Crippen molar-refractivity contribution in [3.63, 3.8) is 0 Å². The minimum absolute atomic E-state index is 0.0487. The summed E-state index contributed by atoms with van der Waals surface area (Å²) in [7, 11) is 1.30. The molecule has 0 rings (SSSR count). The molecule has 0 aromatic carbocycles. The van der Waals surface area contributed by atoms with Gasteiger partial charge in [-0.3, -0.25) is 4.79 Å². The summed E-state index contributed by atoms with van der Waals surface area (Å²) >= 11 is 0. The molecule has 0 unspecified atom stereocenters. The fourth-order valence-corrected chi connectivity index (χ4v) is 0.733. The first-order chi connectivity index (χ1) is 5.13. The second-order valence-electron chi connectivity index (χ2n) is 2.53. The monoisotopic (exact) mass is 159 g/mol. The number of ether oxygens (including phenoxy) is 1. The third-order valence-electron chi connectivity index (χ3n) is 1.37. The molecular formula is C7H13NO3. The summed E-state index contributed by atoms with van der Waals surface area (Å²) in [5.41, 5.74) is 0. The molecule has 0 bridgehead atoms. The molecule has 64 valence electrons. The van der Waals surface area contributed by atoms with Gasteiger partial charge in [-0.2, -0.15) is 0 Å². The summed E-state index contributed by atoms with van der Waals surface area (Å²) < 4.78 is 4.47. The molecule has 0 heterocycles. The van der Waals surface area contributed by atoms with E-state index in [1.54, 1.807) is 0 Å². The summed E-state index contributed by atoms with van der Waals surface area (Å²) in [4.78, 5) is 20.9. The van der Waals surface area contributed by atoms with Crippen LogP contribution in [0.5, 0.6) is 0 Å². The Morgan fingerprint density at radius 3 is 2.36 bits per heavy atom. The number of esters is 1. The van der Waals surface area contributed by atoms with E-state index in [0.717, 1.165) is 0 Å². The van der Waals surface area contributed by atoms with Gasteiger partial charge >= 0.3 is 5.97 Å². The summed E-state index contributed by atoms with van der Waals surface area (Å²) in [6, 6.07) is -0.530. The van der Waals surface area contributed by atoms with Gasteiger partial charge in [-0.25, -0.2) is 4.79 Å². The molecule has 0 aliphatic carbocycles. The van der Waals surface area contributed by atoms with Crippen LogP contribution in [0.4, 0.5) is 0 Å². The summed E-state index contributed by atoms with van der Waals surface area (Å²) in [5, 5.41) is 2.38. The van der Waals surface area contributed by atoms with Crippen molar-refractivity contribution in [1.29, 1.82) is 0 Å². The summed E-state index contributed by atoms with van der Waals surface area (Å²) in [6.45, 7) is 3.66. The number of rotatable bonds is 4. The Balaban J connectivity index is 4.08. The lowest BCUT2D eigenvalue weighted by Crippen LogP contribution is -2.40. The van der Waals surface area contributed by atoms with Gasteiger partial charge in [-0.1, -0.05) is 13.8 Å². The van der Waals surface area contributed by atoms with Gasteiger partial charge in [-0.05, 0) is 5.92 Å². The van der Waals surface area contributed by atoms with Crippen molar-refractivity contribution in [2.75, 3.05) is 7.11 Å². The first-order valence-electron chi connectivity index (χ1n) is 3.41. The van der Waals surface area contributed by atoms with E-state index in [1.807, 2.05) is 13.8 Å². The van der Waals surface area contributed by atoms with Crippen molar-refractivity contribution in [3.05, 3.63) is 0 Å². The van der Waals surface area contributed by atoms with Crippen LogP contribution in [0.15, 0.2) is 0 Å². The minimum Gasteiger partial charge on any atom is -0.467 e. The second kappa shape index (κ2) is 4.71. The van der Waals surface area contributed by atoms with Crippen molar-refractivity contribution in [2.45, 2.75) is 19.9 Å². The molecule has 0 saturated heterocycles. The maximum absolute atomic E-state index is 10.9. The van der Waals surface area contributed by atoms with Crippen LogP contribution in [0.25, 0.3) is 0 Å². The maximum atomic E-state index is 10.9. The Morgan fingerprint density at radius 1 is 1.55 bits per heavy atom. The standard InChI is InChI=1S/C7H13NO3/c1-5(2)6(8-4-9)7(10)11-3/h4-6H,1-3H3,(H,8,9)/t6-/m1/s1. The van der Waals surface area contributed by atoms with Gasteiger partial charge in [-0.15, -0.1) is 0 Å². The van der Waals surface area contributed by atoms with Crippen LogP contribution in [0.1, 0.15) is 13.8 Å². The molecule has 0 aliphatic heterocycles. The van der Waals surface area contributed by atoms with Crippen LogP contribution in [-0.4, -0.2) is 25.5 Å². The Morgan fingerprint density at radius 2 is 2.09 bits per heavy atom. The Hall–Kier alpha value is -1.06. The fraction of sp³-hybridized carbons (Fsp3) is 0.714. The number of methoxy groups -OCH3 is 1. The zero-order valence-corrected chi connectivity index (χ0v) is 6.96. The highest BCUT2D eigenvalue weighted by molar-refractivity contribution is 5.78. The Labute approximate surface area is 65.9 Å². The number of carbonyl (C=O) groups is 2.